The first-order valence-corrected chi connectivity index (χ1v) is 6.86. The van der Waals surface area contributed by atoms with Crippen LogP contribution in [0.5, 0.6) is 0 Å². The average Bonchev–Trinajstić information content (AvgIpc) is 3.13. The summed E-state index contributed by atoms with van der Waals surface area (Å²) < 4.78 is 0. The molecule has 0 aromatic heterocycles. The van der Waals surface area contributed by atoms with Crippen molar-refractivity contribution < 1.29 is 0 Å². The maximum atomic E-state index is 5.95. The second-order valence-corrected chi connectivity index (χ2v) is 5.59. The minimum atomic E-state index is 0.498. The fraction of sp³-hybridized carbons (Fsp3) is 0.533. The minimum Gasteiger partial charge on any atom is -0.370 e. The Labute approximate surface area is 115 Å². The Balaban J connectivity index is 1.91. The van der Waals surface area contributed by atoms with Gasteiger partial charge in [-0.2, -0.15) is 0 Å². The fourth-order valence-electron chi connectivity index (χ4n) is 2.32. The zero-order chi connectivity index (χ0) is 13.8. The lowest BCUT2D eigenvalue weighted by molar-refractivity contribution is 0.271. The number of nitrogens with one attached hydrogen (secondary N) is 1. The van der Waals surface area contributed by atoms with Crippen LogP contribution in [0.25, 0.3) is 0 Å². The van der Waals surface area contributed by atoms with Crippen molar-refractivity contribution in [1.29, 1.82) is 0 Å². The van der Waals surface area contributed by atoms with E-state index in [0.717, 1.165) is 18.2 Å². The van der Waals surface area contributed by atoms with Gasteiger partial charge in [0.25, 0.3) is 0 Å². The quantitative estimate of drug-likeness (QED) is 0.629. The minimum absolute atomic E-state index is 0.498. The highest BCUT2D eigenvalue weighted by molar-refractivity contribution is 5.92. The van der Waals surface area contributed by atoms with E-state index in [1.807, 2.05) is 12.1 Å². The van der Waals surface area contributed by atoms with Crippen LogP contribution in [0.4, 0.5) is 5.69 Å². The Bertz CT molecular complexity index is 447. The first-order chi connectivity index (χ1) is 9.06. The van der Waals surface area contributed by atoms with Gasteiger partial charge in [-0.1, -0.05) is 12.1 Å². The van der Waals surface area contributed by atoms with Crippen LogP contribution in [0, 0.1) is 12.8 Å². The summed E-state index contributed by atoms with van der Waals surface area (Å²) in [5.74, 6) is 1.30. The number of guanidine groups is 1. The normalized spacial score (nSPS) is 17.6. The third-order valence-corrected chi connectivity index (χ3v) is 3.57. The van der Waals surface area contributed by atoms with Crippen LogP contribution in [-0.4, -0.2) is 37.5 Å². The molecule has 0 amide bonds. The van der Waals surface area contributed by atoms with E-state index in [4.69, 9.17) is 5.73 Å². The first kappa shape index (κ1) is 13.9. The summed E-state index contributed by atoms with van der Waals surface area (Å²) in [5, 5.41) is 3.15. The van der Waals surface area contributed by atoms with Gasteiger partial charge in [-0.05, 0) is 57.5 Å². The number of anilines is 1. The van der Waals surface area contributed by atoms with Crippen LogP contribution in [0.3, 0.4) is 0 Å². The van der Waals surface area contributed by atoms with Crippen molar-refractivity contribution in [2.75, 3.05) is 26.0 Å². The topological polar surface area (TPSA) is 53.6 Å². The number of hydrogen-bond donors (Lipinski definition) is 2. The van der Waals surface area contributed by atoms with Crippen molar-refractivity contribution in [1.82, 2.24) is 4.90 Å². The Morgan fingerprint density at radius 2 is 2.21 bits per heavy atom. The molecule has 0 radical (unpaired) electrons. The number of likely N-dealkylation sites (N-methyl/N-ethyl adjacent to an activating group) is 1. The molecule has 1 unspecified atom stereocenters. The van der Waals surface area contributed by atoms with Crippen molar-refractivity contribution in [2.45, 2.75) is 25.8 Å². The molecule has 1 fully saturated rings. The van der Waals surface area contributed by atoms with E-state index in [1.54, 1.807) is 0 Å². The summed E-state index contributed by atoms with van der Waals surface area (Å²) in [6.45, 7) is 2.83. The van der Waals surface area contributed by atoms with Crippen LogP contribution in [0.1, 0.15) is 18.4 Å². The van der Waals surface area contributed by atoms with Crippen molar-refractivity contribution in [3.05, 3.63) is 29.8 Å². The Kier molecular flexibility index (Phi) is 4.43. The maximum absolute atomic E-state index is 5.95. The molecule has 0 aliphatic heterocycles. The smallest absolute Gasteiger partial charge is 0.193 e. The molecule has 3 N–H and O–H groups in total. The van der Waals surface area contributed by atoms with E-state index in [9.17, 15) is 0 Å². The molecule has 19 heavy (non-hydrogen) atoms. The van der Waals surface area contributed by atoms with Gasteiger partial charge < -0.3 is 16.0 Å². The molecule has 0 bridgehead atoms. The highest BCUT2D eigenvalue weighted by atomic mass is 15.2. The zero-order valence-electron chi connectivity index (χ0n) is 12.1. The van der Waals surface area contributed by atoms with Crippen molar-refractivity contribution in [2.24, 2.45) is 16.6 Å². The lowest BCUT2D eigenvalue weighted by Gasteiger charge is -2.22. The second kappa shape index (κ2) is 6.06. The summed E-state index contributed by atoms with van der Waals surface area (Å²) in [6, 6.07) is 8.65. The van der Waals surface area contributed by atoms with Crippen molar-refractivity contribution in [3.8, 4) is 0 Å². The van der Waals surface area contributed by atoms with E-state index in [1.165, 1.54) is 18.4 Å². The molecule has 1 aliphatic carbocycles. The molecule has 0 saturated heterocycles. The summed E-state index contributed by atoms with van der Waals surface area (Å²) in [5.41, 5.74) is 8.15. The summed E-state index contributed by atoms with van der Waals surface area (Å²) in [7, 11) is 4.23. The summed E-state index contributed by atoms with van der Waals surface area (Å²) in [6.07, 6.45) is 2.65. The van der Waals surface area contributed by atoms with Gasteiger partial charge >= 0.3 is 0 Å². The van der Waals surface area contributed by atoms with Gasteiger partial charge in [0, 0.05) is 11.7 Å². The third-order valence-electron chi connectivity index (χ3n) is 3.57. The zero-order valence-corrected chi connectivity index (χ0v) is 12.1. The average molecular weight is 260 g/mol. The van der Waals surface area contributed by atoms with Gasteiger partial charge in [-0.15, -0.1) is 0 Å². The molecule has 1 atom stereocenters. The standard InChI is InChI=1S/C15H24N4/c1-11-5-4-6-13(9-11)18-15(16)17-10-14(19(2)3)12-7-8-12/h4-6,9,12,14H,7-8,10H2,1-3H3,(H3,16,17,18). The van der Waals surface area contributed by atoms with E-state index in [0.29, 0.717) is 12.0 Å². The lowest BCUT2D eigenvalue weighted by atomic mass is 10.2. The second-order valence-electron chi connectivity index (χ2n) is 5.59. The SMILES string of the molecule is Cc1cccc(NC(N)=NCC(C2CC2)N(C)C)c1. The number of aliphatic imine (C=N–C) groups is 1. The summed E-state index contributed by atoms with van der Waals surface area (Å²) in [4.78, 5) is 6.72. The highest BCUT2D eigenvalue weighted by Gasteiger charge is 2.32. The molecular weight excluding hydrogens is 236 g/mol. The molecular formula is C15H24N4. The van der Waals surface area contributed by atoms with Crippen molar-refractivity contribution in [3.63, 3.8) is 0 Å². The van der Waals surface area contributed by atoms with Crippen LogP contribution in [0.15, 0.2) is 29.3 Å². The monoisotopic (exact) mass is 260 g/mol. The molecule has 1 aromatic rings. The van der Waals surface area contributed by atoms with Crippen molar-refractivity contribution >= 4 is 11.6 Å². The van der Waals surface area contributed by atoms with Gasteiger partial charge in [0.15, 0.2) is 5.96 Å². The maximum Gasteiger partial charge on any atom is 0.193 e. The van der Waals surface area contributed by atoms with E-state index in [-0.39, 0.29) is 0 Å². The highest BCUT2D eigenvalue weighted by Crippen LogP contribution is 2.34. The predicted octanol–water partition coefficient (Wildman–Crippen LogP) is 2.06. The Morgan fingerprint density at radius 3 is 2.79 bits per heavy atom. The molecule has 1 aromatic carbocycles. The van der Waals surface area contributed by atoms with Gasteiger partial charge in [0.05, 0.1) is 6.54 Å². The molecule has 104 valence electrons. The molecule has 1 aliphatic rings. The predicted molar refractivity (Wildman–Crippen MR) is 81.5 cm³/mol. The first-order valence-electron chi connectivity index (χ1n) is 6.86. The van der Waals surface area contributed by atoms with Crippen LogP contribution in [-0.2, 0) is 0 Å². The summed E-state index contributed by atoms with van der Waals surface area (Å²) >= 11 is 0. The van der Waals surface area contributed by atoms with Gasteiger partial charge in [-0.3, -0.25) is 4.99 Å². The van der Waals surface area contributed by atoms with E-state index >= 15 is 0 Å². The van der Waals surface area contributed by atoms with Crippen LogP contribution < -0.4 is 11.1 Å². The number of aryl methyl sites for hydroxylation is 1. The number of nitrogens with two attached hydrogens (primary N) is 1. The molecule has 2 rings (SSSR count). The third kappa shape index (κ3) is 4.24. The molecule has 1 saturated carbocycles. The molecule has 0 heterocycles. The Hall–Kier alpha value is -1.55. The molecule has 4 heteroatoms. The fourth-order valence-corrected chi connectivity index (χ4v) is 2.32. The number of rotatable bonds is 5. The van der Waals surface area contributed by atoms with Gasteiger partial charge in [0.2, 0.25) is 0 Å². The van der Waals surface area contributed by atoms with Gasteiger partial charge in [-0.25, -0.2) is 0 Å². The van der Waals surface area contributed by atoms with E-state index < -0.39 is 0 Å². The van der Waals surface area contributed by atoms with Crippen LogP contribution in [0.2, 0.25) is 0 Å². The Morgan fingerprint density at radius 1 is 1.47 bits per heavy atom. The largest absolute Gasteiger partial charge is 0.370 e. The lowest BCUT2D eigenvalue weighted by Crippen LogP contribution is -2.34. The molecule has 0 spiro atoms. The molecule has 4 nitrogen and oxygen atoms in total. The number of benzene rings is 1. The van der Waals surface area contributed by atoms with Gasteiger partial charge in [0.1, 0.15) is 0 Å². The number of hydrogen-bond acceptors (Lipinski definition) is 2. The number of nitrogens with zero attached hydrogens (tertiary/aromatic N) is 2. The van der Waals surface area contributed by atoms with Crippen LogP contribution >= 0.6 is 0 Å². The van der Waals surface area contributed by atoms with E-state index in [2.05, 4.69) is 48.4 Å².